The second-order valence-electron chi connectivity index (χ2n) is 12.9. The van der Waals surface area contributed by atoms with E-state index in [1.807, 2.05) is 0 Å². The van der Waals surface area contributed by atoms with Gasteiger partial charge < -0.3 is 83.4 Å². The van der Waals surface area contributed by atoms with Crippen molar-refractivity contribution in [2.75, 3.05) is 33.3 Å². The van der Waals surface area contributed by atoms with Crippen molar-refractivity contribution in [1.29, 1.82) is 0 Å². The molecule has 0 aromatic carbocycles. The fraction of sp³-hybridized carbons (Fsp3) is 0.963. The van der Waals surface area contributed by atoms with Gasteiger partial charge in [-0.15, -0.1) is 0 Å². The zero-order chi connectivity index (χ0) is 32.4. The lowest BCUT2D eigenvalue weighted by atomic mass is 9.83. The van der Waals surface area contributed by atoms with Gasteiger partial charge in [0.25, 0.3) is 5.91 Å². The van der Waals surface area contributed by atoms with Crippen LogP contribution in [-0.2, 0) is 23.7 Å². The maximum Gasteiger partial charge on any atom is 0.253 e. The van der Waals surface area contributed by atoms with Crippen LogP contribution in [0, 0.1) is 0 Å². The van der Waals surface area contributed by atoms with Crippen molar-refractivity contribution in [2.45, 2.75) is 130 Å². The van der Waals surface area contributed by atoms with Crippen molar-refractivity contribution < 1.29 is 49.3 Å². The number of carbonyl (C=O) groups excluding carboxylic acids is 1. The second kappa shape index (κ2) is 14.7. The van der Waals surface area contributed by atoms with Crippen LogP contribution in [0.4, 0.5) is 0 Å². The molecule has 44 heavy (non-hydrogen) atoms. The number of ether oxygens (including phenoxy) is 4. The van der Waals surface area contributed by atoms with E-state index in [2.05, 4.69) is 16.0 Å². The van der Waals surface area contributed by atoms with E-state index in [0.29, 0.717) is 25.8 Å². The molecule has 15 atom stereocenters. The molecule has 2 saturated heterocycles. The van der Waals surface area contributed by atoms with E-state index >= 15 is 0 Å². The average Bonchev–Trinajstić information content (AvgIpc) is 3.60. The molecule has 4 fully saturated rings. The van der Waals surface area contributed by atoms with Crippen LogP contribution in [0.25, 0.3) is 0 Å². The average molecular weight is 636 g/mol. The topological polar surface area (TPSA) is 295 Å². The van der Waals surface area contributed by atoms with Crippen LogP contribution in [0.2, 0.25) is 0 Å². The van der Waals surface area contributed by atoms with Crippen molar-refractivity contribution in [2.24, 2.45) is 22.9 Å². The molecule has 4 rings (SSSR count). The molecule has 0 aromatic heterocycles. The van der Waals surface area contributed by atoms with Crippen molar-refractivity contribution in [1.82, 2.24) is 16.0 Å². The van der Waals surface area contributed by atoms with Crippen LogP contribution in [0.5, 0.6) is 0 Å². The van der Waals surface area contributed by atoms with E-state index in [1.54, 1.807) is 7.05 Å². The van der Waals surface area contributed by atoms with Gasteiger partial charge in [0.2, 0.25) is 0 Å². The third kappa shape index (κ3) is 7.87. The van der Waals surface area contributed by atoms with Gasteiger partial charge in [0.15, 0.2) is 18.2 Å². The van der Waals surface area contributed by atoms with Gasteiger partial charge in [0.1, 0.15) is 30.0 Å². The van der Waals surface area contributed by atoms with Crippen molar-refractivity contribution in [3.05, 3.63) is 0 Å². The number of carbonyl (C=O) groups is 1. The van der Waals surface area contributed by atoms with Crippen LogP contribution in [0.1, 0.15) is 39.0 Å². The van der Waals surface area contributed by atoms with E-state index in [1.165, 1.54) is 6.92 Å². The monoisotopic (exact) mass is 635 g/mol. The maximum absolute atomic E-state index is 12.9. The van der Waals surface area contributed by atoms with Crippen molar-refractivity contribution in [3.63, 3.8) is 0 Å². The minimum atomic E-state index is -1.75. The van der Waals surface area contributed by atoms with Gasteiger partial charge in [-0.05, 0) is 46.2 Å². The molecule has 2 aliphatic carbocycles. The van der Waals surface area contributed by atoms with Gasteiger partial charge in [-0.3, -0.25) is 4.79 Å². The highest BCUT2D eigenvalue weighted by Gasteiger charge is 2.59. The smallest absolute Gasteiger partial charge is 0.253 e. The second-order valence-corrected chi connectivity index (χ2v) is 12.9. The van der Waals surface area contributed by atoms with Crippen molar-refractivity contribution in [3.8, 4) is 0 Å². The van der Waals surface area contributed by atoms with Gasteiger partial charge in [-0.2, -0.15) is 0 Å². The van der Waals surface area contributed by atoms with E-state index in [-0.39, 0.29) is 44.7 Å². The lowest BCUT2D eigenvalue weighted by Gasteiger charge is -2.49. The Morgan fingerprint density at radius 2 is 1.75 bits per heavy atom. The summed E-state index contributed by atoms with van der Waals surface area (Å²) in [5, 5.41) is 62.9. The lowest BCUT2D eigenvalue weighted by molar-refractivity contribution is -0.308. The Balaban J connectivity index is 1.53. The van der Waals surface area contributed by atoms with Crippen LogP contribution in [0.15, 0.2) is 0 Å². The summed E-state index contributed by atoms with van der Waals surface area (Å²) in [4.78, 5) is 12.9. The molecule has 3 unspecified atom stereocenters. The zero-order valence-corrected chi connectivity index (χ0v) is 25.5. The predicted molar refractivity (Wildman–Crippen MR) is 155 cm³/mol. The molecule has 0 aromatic rings. The van der Waals surface area contributed by atoms with Crippen molar-refractivity contribution >= 4 is 5.91 Å². The van der Waals surface area contributed by atoms with Gasteiger partial charge in [-0.1, -0.05) is 0 Å². The number of hydrogen-bond donors (Lipinski definition) is 12. The molecule has 2 saturated carbocycles. The number of aliphatic hydroxyl groups excluding tert-OH is 3. The number of likely N-dealkylation sites (N-methyl/N-ethyl adjacent to an activating group) is 1. The molecule has 0 radical (unpaired) electrons. The Morgan fingerprint density at radius 3 is 2.36 bits per heavy atom. The molecule has 4 aliphatic rings. The number of amides is 1. The molecular formula is C27H53N7O10. The van der Waals surface area contributed by atoms with Gasteiger partial charge in [0.05, 0.1) is 36.9 Å². The molecular weight excluding hydrogens is 582 g/mol. The fourth-order valence-corrected chi connectivity index (χ4v) is 6.38. The highest BCUT2D eigenvalue weighted by atomic mass is 16.7. The van der Waals surface area contributed by atoms with Crippen LogP contribution >= 0.6 is 0 Å². The molecule has 256 valence electrons. The largest absolute Gasteiger partial charge is 0.392 e. The van der Waals surface area contributed by atoms with Gasteiger partial charge >= 0.3 is 0 Å². The SMILES string of the molecule is CN[C@@H]1[C@@H](O)[C@@H](O[C@@H]2[C@@H](O)[C@H](O[C@H]3O[C@H](CN)CC[C@H]3NCC(O)CCN)[C@@H](N)C[C@H]2NC(=O)C2(O)CC2N)OC[C@]1(C)O. The maximum atomic E-state index is 12.9. The third-order valence-electron chi connectivity index (χ3n) is 9.27. The first-order valence-electron chi connectivity index (χ1n) is 15.5. The first-order chi connectivity index (χ1) is 20.7. The minimum Gasteiger partial charge on any atom is -0.392 e. The first kappa shape index (κ1) is 35.7. The summed E-state index contributed by atoms with van der Waals surface area (Å²) in [5.74, 6) is -0.731. The molecule has 16 N–H and O–H groups in total. The Hall–Kier alpha value is -1.13. The number of nitrogens with two attached hydrogens (primary N) is 4. The number of hydrogen-bond acceptors (Lipinski definition) is 16. The molecule has 2 heterocycles. The molecule has 0 bridgehead atoms. The van der Waals surface area contributed by atoms with Gasteiger partial charge in [-0.25, -0.2) is 0 Å². The molecule has 2 aliphatic heterocycles. The first-order valence-corrected chi connectivity index (χ1v) is 15.5. The Labute approximate surface area is 257 Å². The lowest BCUT2D eigenvalue weighted by Crippen LogP contribution is -2.69. The van der Waals surface area contributed by atoms with E-state index in [9.17, 15) is 30.3 Å². The van der Waals surface area contributed by atoms with E-state index in [0.717, 1.165) is 0 Å². The summed E-state index contributed by atoms with van der Waals surface area (Å²) >= 11 is 0. The predicted octanol–water partition coefficient (Wildman–Crippen LogP) is -6.02. The van der Waals surface area contributed by atoms with E-state index in [4.69, 9.17) is 41.9 Å². The van der Waals surface area contributed by atoms with Gasteiger partial charge in [0, 0.05) is 31.6 Å². The third-order valence-corrected chi connectivity index (χ3v) is 9.27. The normalized spacial score (nSPS) is 46.8. The Morgan fingerprint density at radius 1 is 1.07 bits per heavy atom. The Kier molecular flexibility index (Phi) is 12.0. The standard InChI is InChI=1S/C27H53N7O10/c1-26(39)11-41-24(19(37)22(26)32-2)44-21-16(34-25(38)27(40)8-17(27)31)7-14(30)20(18(21)36)43-23-15(4-3-13(9-29)42-23)33-10-12(35)5-6-28/h12-24,32-33,35-37,39-40H,3-11,28-31H2,1-2H3,(H,34,38)/t12?,13-,14-,15+,16+,17?,18-,19+,20+,21-,22+,23+,24+,26-,27?/m0/s1. The summed E-state index contributed by atoms with van der Waals surface area (Å²) < 4.78 is 24.2. The molecule has 1 amide bonds. The highest BCUT2D eigenvalue weighted by molar-refractivity contribution is 5.89. The molecule has 17 heteroatoms. The summed E-state index contributed by atoms with van der Waals surface area (Å²) in [6.07, 6.45) is -6.48. The Bertz CT molecular complexity index is 955. The summed E-state index contributed by atoms with van der Waals surface area (Å²) in [6.45, 7) is 2.15. The zero-order valence-electron chi connectivity index (χ0n) is 25.5. The fourth-order valence-electron chi connectivity index (χ4n) is 6.38. The van der Waals surface area contributed by atoms with Crippen LogP contribution in [-0.4, -0.2) is 155 Å². The number of rotatable bonds is 13. The number of aliphatic hydroxyl groups is 5. The number of nitrogens with one attached hydrogen (secondary N) is 3. The van der Waals surface area contributed by atoms with Crippen LogP contribution < -0.4 is 38.9 Å². The van der Waals surface area contributed by atoms with Crippen LogP contribution in [0.3, 0.4) is 0 Å². The quantitative estimate of drug-likeness (QED) is 0.0896. The summed E-state index contributed by atoms with van der Waals surface area (Å²) in [7, 11) is 1.57. The molecule has 0 spiro atoms. The summed E-state index contributed by atoms with van der Waals surface area (Å²) in [5.41, 5.74) is 20.6. The highest BCUT2D eigenvalue weighted by Crippen LogP contribution is 2.36. The minimum absolute atomic E-state index is 0.0553. The summed E-state index contributed by atoms with van der Waals surface area (Å²) in [6, 6.07) is -3.69. The van der Waals surface area contributed by atoms with E-state index < -0.39 is 84.4 Å². The molecule has 17 nitrogen and oxygen atoms in total.